The van der Waals surface area contributed by atoms with Crippen molar-refractivity contribution in [1.82, 2.24) is 0 Å². The van der Waals surface area contributed by atoms with Gasteiger partial charge in [-0.25, -0.2) is 0 Å². The van der Waals surface area contributed by atoms with Gasteiger partial charge in [0, 0.05) is 5.02 Å². The first-order valence-electron chi connectivity index (χ1n) is 12.8. The smallest absolute Gasteiger partial charge is 0.328 e. The topological polar surface area (TPSA) is 52.6 Å². The second-order valence-corrected chi connectivity index (χ2v) is 9.62. The predicted molar refractivity (Wildman–Crippen MR) is 137 cm³/mol. The fourth-order valence-corrected chi connectivity index (χ4v) is 4.36. The van der Waals surface area contributed by atoms with Crippen LogP contribution < -0.4 is 4.74 Å². The highest BCUT2D eigenvalue weighted by Gasteiger charge is 2.46. The first kappa shape index (κ1) is 29.8. The molecule has 0 bridgehead atoms. The Morgan fingerprint density at radius 3 is 1.76 bits per heavy atom. The molecule has 6 heteroatoms. The van der Waals surface area contributed by atoms with E-state index in [0.717, 1.165) is 19.3 Å². The Hall–Kier alpha value is -1.26. The van der Waals surface area contributed by atoms with Crippen LogP contribution in [-0.2, 0) is 14.3 Å². The van der Waals surface area contributed by atoms with Crippen molar-refractivity contribution in [3.63, 3.8) is 0 Å². The van der Waals surface area contributed by atoms with Crippen molar-refractivity contribution < 1.29 is 19.1 Å². The molecular formula is C27H42Cl2O4. The Kier molecular flexibility index (Phi) is 15.5. The van der Waals surface area contributed by atoms with Gasteiger partial charge in [-0.3, -0.25) is 9.59 Å². The molecule has 0 heterocycles. The van der Waals surface area contributed by atoms with Gasteiger partial charge in [-0.05, 0) is 37.5 Å². The van der Waals surface area contributed by atoms with E-state index in [1.807, 2.05) is 0 Å². The van der Waals surface area contributed by atoms with Crippen molar-refractivity contribution in [3.05, 3.63) is 28.2 Å². The number of esters is 2. The molecule has 1 aromatic carbocycles. The maximum atomic E-state index is 12.9. The molecule has 0 radical (unpaired) electrons. The quantitative estimate of drug-likeness (QED) is 0.0872. The van der Waals surface area contributed by atoms with Gasteiger partial charge in [0.25, 0.3) is 0 Å². The molecule has 1 rings (SSSR count). The number of benzene rings is 1. The molecule has 0 fully saturated rings. The van der Waals surface area contributed by atoms with Crippen LogP contribution in [0.3, 0.4) is 0 Å². The Labute approximate surface area is 210 Å². The van der Waals surface area contributed by atoms with E-state index in [2.05, 4.69) is 6.92 Å². The zero-order chi connectivity index (χ0) is 24.5. The van der Waals surface area contributed by atoms with Crippen molar-refractivity contribution in [2.75, 3.05) is 6.61 Å². The third-order valence-electron chi connectivity index (χ3n) is 6.32. The molecule has 0 aliphatic heterocycles. The molecular weight excluding hydrogens is 459 g/mol. The minimum Gasteiger partial charge on any atom is -0.465 e. The molecule has 0 aliphatic rings. The van der Waals surface area contributed by atoms with E-state index < -0.39 is 17.4 Å². The summed E-state index contributed by atoms with van der Waals surface area (Å²) in [6.07, 6.45) is 15.5. The fourth-order valence-electron chi connectivity index (χ4n) is 3.91. The van der Waals surface area contributed by atoms with Gasteiger partial charge >= 0.3 is 11.9 Å². The fraction of sp³-hybridized carbons (Fsp3) is 0.704. The molecule has 4 nitrogen and oxygen atoms in total. The molecule has 0 saturated carbocycles. The van der Waals surface area contributed by atoms with Gasteiger partial charge in [-0.1, -0.05) is 115 Å². The highest BCUT2D eigenvalue weighted by atomic mass is 35.5. The third-order valence-corrected chi connectivity index (χ3v) is 6.85. The molecule has 0 aromatic heterocycles. The lowest BCUT2D eigenvalue weighted by Crippen LogP contribution is -2.42. The summed E-state index contributed by atoms with van der Waals surface area (Å²) < 4.78 is 11.0. The standard InChI is InChI=1S/C27H42Cl2O4/c1-4-7-8-9-10-11-12-13-14-15-16-17-20-32-25(30)27(5-2,6-3)26(31)33-24-19-18-22(28)21-23(24)29/h18-19,21H,4-17,20H2,1-3H3. The van der Waals surface area contributed by atoms with Gasteiger partial charge in [-0.15, -0.1) is 0 Å². The molecule has 0 unspecified atom stereocenters. The van der Waals surface area contributed by atoms with Gasteiger partial charge in [0.15, 0.2) is 5.41 Å². The lowest BCUT2D eigenvalue weighted by molar-refractivity contribution is -0.168. The SMILES string of the molecule is CCCCCCCCCCCCCCOC(=O)C(CC)(CC)C(=O)Oc1ccc(Cl)cc1Cl. The van der Waals surface area contributed by atoms with Crippen LogP contribution in [-0.4, -0.2) is 18.5 Å². The second-order valence-electron chi connectivity index (χ2n) is 8.78. The van der Waals surface area contributed by atoms with Crippen LogP contribution in [0.1, 0.15) is 111 Å². The van der Waals surface area contributed by atoms with Crippen LogP contribution in [0.25, 0.3) is 0 Å². The lowest BCUT2D eigenvalue weighted by Gasteiger charge is -2.27. The molecule has 0 spiro atoms. The molecule has 0 amide bonds. The summed E-state index contributed by atoms with van der Waals surface area (Å²) >= 11 is 12.0. The number of rotatable bonds is 18. The zero-order valence-electron chi connectivity index (χ0n) is 20.7. The van der Waals surface area contributed by atoms with E-state index in [4.69, 9.17) is 32.7 Å². The highest BCUT2D eigenvalue weighted by Crippen LogP contribution is 2.34. The van der Waals surface area contributed by atoms with Crippen molar-refractivity contribution >= 4 is 35.1 Å². The Morgan fingerprint density at radius 2 is 1.27 bits per heavy atom. The van der Waals surface area contributed by atoms with E-state index in [1.165, 1.54) is 69.9 Å². The van der Waals surface area contributed by atoms with E-state index >= 15 is 0 Å². The van der Waals surface area contributed by atoms with Crippen molar-refractivity contribution in [2.24, 2.45) is 5.41 Å². The molecule has 188 valence electrons. The summed E-state index contributed by atoms with van der Waals surface area (Å²) in [5, 5.41) is 0.667. The van der Waals surface area contributed by atoms with Crippen LogP contribution in [0.5, 0.6) is 5.75 Å². The third kappa shape index (κ3) is 10.7. The Bertz CT molecular complexity index is 701. The van der Waals surface area contributed by atoms with Crippen molar-refractivity contribution in [2.45, 2.75) is 111 Å². The lowest BCUT2D eigenvalue weighted by atomic mass is 9.82. The average Bonchev–Trinajstić information content (AvgIpc) is 2.80. The predicted octanol–water partition coefficient (Wildman–Crippen LogP) is 8.95. The molecule has 0 saturated heterocycles. The summed E-state index contributed by atoms with van der Waals surface area (Å²) in [7, 11) is 0. The van der Waals surface area contributed by atoms with Crippen LogP contribution in [0.15, 0.2) is 18.2 Å². The number of unbranched alkanes of at least 4 members (excludes halogenated alkanes) is 11. The van der Waals surface area contributed by atoms with E-state index in [1.54, 1.807) is 19.9 Å². The van der Waals surface area contributed by atoms with Crippen LogP contribution in [0.2, 0.25) is 10.0 Å². The van der Waals surface area contributed by atoms with Crippen molar-refractivity contribution in [3.8, 4) is 5.75 Å². The Balaban J connectivity index is 2.32. The van der Waals surface area contributed by atoms with Gasteiger partial charge in [0.05, 0.1) is 11.6 Å². The Morgan fingerprint density at radius 1 is 0.758 bits per heavy atom. The van der Waals surface area contributed by atoms with Crippen molar-refractivity contribution in [1.29, 1.82) is 0 Å². The number of hydrogen-bond donors (Lipinski definition) is 0. The molecule has 0 N–H and O–H groups in total. The monoisotopic (exact) mass is 500 g/mol. The summed E-state index contributed by atoms with van der Waals surface area (Å²) in [4.78, 5) is 25.7. The largest absolute Gasteiger partial charge is 0.465 e. The highest BCUT2D eigenvalue weighted by molar-refractivity contribution is 6.35. The molecule has 0 aliphatic carbocycles. The van der Waals surface area contributed by atoms with Gasteiger partial charge in [-0.2, -0.15) is 0 Å². The number of ether oxygens (including phenoxy) is 2. The summed E-state index contributed by atoms with van der Waals surface area (Å²) in [5.74, 6) is -0.979. The zero-order valence-corrected chi connectivity index (χ0v) is 22.2. The minimum atomic E-state index is -1.33. The van der Waals surface area contributed by atoms with E-state index in [-0.39, 0.29) is 10.8 Å². The van der Waals surface area contributed by atoms with Crippen LogP contribution in [0, 0.1) is 5.41 Å². The minimum absolute atomic E-state index is 0.186. The number of hydrogen-bond acceptors (Lipinski definition) is 4. The average molecular weight is 502 g/mol. The van der Waals surface area contributed by atoms with Crippen LogP contribution in [0.4, 0.5) is 0 Å². The molecule has 0 atom stereocenters. The number of carbonyl (C=O) groups is 2. The first-order valence-corrected chi connectivity index (χ1v) is 13.5. The first-order chi connectivity index (χ1) is 15.9. The number of halogens is 2. The normalized spacial score (nSPS) is 11.4. The summed E-state index contributed by atoms with van der Waals surface area (Å²) in [6.45, 7) is 6.16. The second kappa shape index (κ2) is 17.2. The summed E-state index contributed by atoms with van der Waals surface area (Å²) in [5.41, 5.74) is -1.33. The summed E-state index contributed by atoms with van der Waals surface area (Å²) in [6, 6.07) is 4.61. The van der Waals surface area contributed by atoms with Crippen LogP contribution >= 0.6 is 23.2 Å². The van der Waals surface area contributed by atoms with Gasteiger partial charge < -0.3 is 9.47 Å². The van der Waals surface area contributed by atoms with Gasteiger partial charge in [0.2, 0.25) is 0 Å². The van der Waals surface area contributed by atoms with Gasteiger partial charge in [0.1, 0.15) is 5.75 Å². The van der Waals surface area contributed by atoms with E-state index in [0.29, 0.717) is 24.5 Å². The van der Waals surface area contributed by atoms with E-state index in [9.17, 15) is 9.59 Å². The molecule has 33 heavy (non-hydrogen) atoms. The molecule has 1 aromatic rings. The maximum Gasteiger partial charge on any atom is 0.328 e. The maximum absolute atomic E-state index is 12.9. The number of carbonyl (C=O) groups excluding carboxylic acids is 2.